The molecule has 3 amide bonds. The van der Waals surface area contributed by atoms with Crippen LogP contribution in [0.25, 0.3) is 0 Å². The molecule has 0 aromatic rings. The minimum atomic E-state index is -0.988. The monoisotopic (exact) mass is 435 g/mol. The lowest BCUT2D eigenvalue weighted by Crippen LogP contribution is -2.60. The fourth-order valence-corrected chi connectivity index (χ4v) is 6.56. The van der Waals surface area contributed by atoms with Crippen molar-refractivity contribution >= 4 is 17.7 Å². The fourth-order valence-electron chi connectivity index (χ4n) is 6.56. The van der Waals surface area contributed by atoms with E-state index >= 15 is 0 Å². The molecule has 2 unspecified atom stereocenters. The van der Waals surface area contributed by atoms with Gasteiger partial charge in [0.15, 0.2) is 0 Å². The van der Waals surface area contributed by atoms with Crippen LogP contribution in [0, 0.1) is 17.8 Å². The quantitative estimate of drug-likeness (QED) is 0.552. The largest absolute Gasteiger partial charge is 0.394 e. The SMILES string of the molecule is CC[C@H](C)[C@H](CO)N1C(=O)[C@@H]2[C@@H](C(=O)NC)[C@H]3CCC2(O3)C1C(=O)NC1CCCCC1. The van der Waals surface area contributed by atoms with Gasteiger partial charge in [0, 0.05) is 13.1 Å². The molecule has 7 atom stereocenters. The summed E-state index contributed by atoms with van der Waals surface area (Å²) in [6, 6.07) is -1.18. The first-order valence-electron chi connectivity index (χ1n) is 12.0. The smallest absolute Gasteiger partial charge is 0.246 e. The first-order valence-corrected chi connectivity index (χ1v) is 12.0. The summed E-state index contributed by atoms with van der Waals surface area (Å²) in [5.41, 5.74) is -0.988. The summed E-state index contributed by atoms with van der Waals surface area (Å²) in [5.74, 6) is -1.86. The molecule has 1 aliphatic carbocycles. The Morgan fingerprint density at radius 2 is 1.94 bits per heavy atom. The molecule has 4 fully saturated rings. The number of aliphatic hydroxyl groups excluding tert-OH is 1. The highest BCUT2D eigenvalue weighted by Crippen LogP contribution is 2.59. The molecule has 3 N–H and O–H groups in total. The van der Waals surface area contributed by atoms with Gasteiger partial charge in [-0.15, -0.1) is 0 Å². The molecule has 1 spiro atoms. The van der Waals surface area contributed by atoms with Gasteiger partial charge in [0.25, 0.3) is 0 Å². The van der Waals surface area contributed by atoms with Gasteiger partial charge >= 0.3 is 0 Å². The minimum Gasteiger partial charge on any atom is -0.394 e. The fraction of sp³-hybridized carbons (Fsp3) is 0.870. The van der Waals surface area contributed by atoms with Gasteiger partial charge in [0.05, 0.1) is 30.6 Å². The lowest BCUT2D eigenvalue weighted by atomic mass is 9.70. The Hall–Kier alpha value is -1.67. The number of hydrogen-bond acceptors (Lipinski definition) is 5. The van der Waals surface area contributed by atoms with E-state index in [2.05, 4.69) is 10.6 Å². The van der Waals surface area contributed by atoms with Crippen molar-refractivity contribution in [1.82, 2.24) is 15.5 Å². The summed E-state index contributed by atoms with van der Waals surface area (Å²) >= 11 is 0. The molecule has 31 heavy (non-hydrogen) atoms. The van der Waals surface area contributed by atoms with E-state index in [1.807, 2.05) is 13.8 Å². The average Bonchev–Trinajstić information content (AvgIpc) is 3.42. The van der Waals surface area contributed by atoms with Gasteiger partial charge in [-0.25, -0.2) is 0 Å². The second-order valence-corrected chi connectivity index (χ2v) is 9.89. The van der Waals surface area contributed by atoms with E-state index < -0.39 is 29.5 Å². The number of aliphatic hydroxyl groups is 1. The van der Waals surface area contributed by atoms with E-state index in [0.717, 1.165) is 32.1 Å². The van der Waals surface area contributed by atoms with Crippen LogP contribution in [-0.2, 0) is 19.1 Å². The third kappa shape index (κ3) is 3.46. The molecule has 2 bridgehead atoms. The first-order chi connectivity index (χ1) is 14.9. The third-order valence-electron chi connectivity index (χ3n) is 8.33. The van der Waals surface area contributed by atoms with E-state index in [-0.39, 0.29) is 42.4 Å². The number of likely N-dealkylation sites (tertiary alicyclic amines) is 1. The van der Waals surface area contributed by atoms with Crippen LogP contribution in [0.5, 0.6) is 0 Å². The minimum absolute atomic E-state index is 0.0183. The number of amides is 3. The molecule has 174 valence electrons. The van der Waals surface area contributed by atoms with Crippen LogP contribution in [0.1, 0.15) is 65.2 Å². The predicted molar refractivity (Wildman–Crippen MR) is 114 cm³/mol. The molecule has 0 aromatic heterocycles. The van der Waals surface area contributed by atoms with Crippen molar-refractivity contribution in [2.75, 3.05) is 13.7 Å². The van der Waals surface area contributed by atoms with Gasteiger partial charge in [-0.05, 0) is 31.6 Å². The Morgan fingerprint density at radius 1 is 1.23 bits per heavy atom. The summed E-state index contributed by atoms with van der Waals surface area (Å²) in [6.45, 7) is 3.79. The topological polar surface area (TPSA) is 108 Å². The van der Waals surface area contributed by atoms with Crippen LogP contribution in [0.2, 0.25) is 0 Å². The molecule has 3 aliphatic heterocycles. The van der Waals surface area contributed by atoms with Crippen LogP contribution in [0.3, 0.4) is 0 Å². The van der Waals surface area contributed by atoms with E-state index in [1.165, 1.54) is 6.42 Å². The van der Waals surface area contributed by atoms with Gasteiger partial charge in [0.2, 0.25) is 17.7 Å². The number of ether oxygens (including phenoxy) is 1. The molecular weight excluding hydrogens is 398 g/mol. The normalized spacial score (nSPS) is 36.9. The lowest BCUT2D eigenvalue weighted by molar-refractivity contribution is -0.147. The molecular formula is C23H37N3O5. The van der Waals surface area contributed by atoms with Gasteiger partial charge in [0.1, 0.15) is 11.6 Å². The molecule has 3 heterocycles. The van der Waals surface area contributed by atoms with Crippen molar-refractivity contribution in [3.05, 3.63) is 0 Å². The van der Waals surface area contributed by atoms with Crippen LogP contribution >= 0.6 is 0 Å². The standard InChI is InChI=1S/C23H37N3O5/c1-4-13(2)15(12-27)26-19(21(29)25-14-8-6-5-7-9-14)23-11-10-16(31-23)17(20(28)24-3)18(23)22(26)30/h13-19,27H,4-12H2,1-3H3,(H,24,28)(H,25,29)/t13-,15-,16+,17-,18-,19?,23?/m0/s1. The Morgan fingerprint density at radius 3 is 2.55 bits per heavy atom. The average molecular weight is 436 g/mol. The van der Waals surface area contributed by atoms with Crippen molar-refractivity contribution in [3.8, 4) is 0 Å². The van der Waals surface area contributed by atoms with Crippen LogP contribution in [0.4, 0.5) is 0 Å². The van der Waals surface area contributed by atoms with Crippen LogP contribution in [-0.4, -0.2) is 71.2 Å². The molecule has 4 aliphatic rings. The first kappa shape index (κ1) is 22.5. The summed E-state index contributed by atoms with van der Waals surface area (Å²) in [6.07, 6.45) is 6.94. The van der Waals surface area contributed by atoms with E-state index in [9.17, 15) is 19.5 Å². The van der Waals surface area contributed by atoms with Crippen molar-refractivity contribution < 1.29 is 24.2 Å². The van der Waals surface area contributed by atoms with Crippen molar-refractivity contribution in [3.63, 3.8) is 0 Å². The Bertz CT molecular complexity index is 724. The zero-order chi connectivity index (χ0) is 22.3. The van der Waals surface area contributed by atoms with Crippen molar-refractivity contribution in [1.29, 1.82) is 0 Å². The highest BCUT2D eigenvalue weighted by atomic mass is 16.5. The highest BCUT2D eigenvalue weighted by Gasteiger charge is 2.75. The Labute approximate surface area is 184 Å². The van der Waals surface area contributed by atoms with Gasteiger partial charge in [-0.3, -0.25) is 14.4 Å². The zero-order valence-corrected chi connectivity index (χ0v) is 18.9. The van der Waals surface area contributed by atoms with Crippen molar-refractivity contribution in [2.24, 2.45) is 17.8 Å². The maximum Gasteiger partial charge on any atom is 0.246 e. The second-order valence-electron chi connectivity index (χ2n) is 9.89. The highest BCUT2D eigenvalue weighted by molar-refractivity contribution is 5.99. The summed E-state index contributed by atoms with van der Waals surface area (Å²) < 4.78 is 6.39. The zero-order valence-electron chi connectivity index (χ0n) is 18.9. The third-order valence-corrected chi connectivity index (χ3v) is 8.33. The molecule has 8 nitrogen and oxygen atoms in total. The Balaban J connectivity index is 1.71. The molecule has 4 rings (SSSR count). The Kier molecular flexibility index (Phi) is 6.32. The van der Waals surface area contributed by atoms with Crippen LogP contribution in [0.15, 0.2) is 0 Å². The number of carbonyl (C=O) groups excluding carboxylic acids is 3. The molecule has 0 radical (unpaired) electrons. The summed E-state index contributed by atoms with van der Waals surface area (Å²) in [7, 11) is 1.57. The summed E-state index contributed by atoms with van der Waals surface area (Å²) in [5, 5.41) is 16.1. The lowest BCUT2D eigenvalue weighted by Gasteiger charge is -2.39. The number of hydrogen-bond donors (Lipinski definition) is 3. The van der Waals surface area contributed by atoms with E-state index in [1.54, 1.807) is 11.9 Å². The van der Waals surface area contributed by atoms with Gasteiger partial charge < -0.3 is 25.4 Å². The molecule has 8 heteroatoms. The van der Waals surface area contributed by atoms with E-state index in [0.29, 0.717) is 12.8 Å². The van der Waals surface area contributed by atoms with Gasteiger partial charge in [-0.2, -0.15) is 0 Å². The molecule has 1 saturated carbocycles. The van der Waals surface area contributed by atoms with Crippen molar-refractivity contribution in [2.45, 2.75) is 95.0 Å². The second kappa shape index (κ2) is 8.70. The molecule has 0 aromatic carbocycles. The van der Waals surface area contributed by atoms with E-state index in [4.69, 9.17) is 4.74 Å². The maximum atomic E-state index is 13.8. The number of nitrogens with one attached hydrogen (secondary N) is 2. The molecule has 3 saturated heterocycles. The number of fused-ring (bicyclic) bond motifs is 1. The number of nitrogens with zero attached hydrogens (tertiary/aromatic N) is 1. The summed E-state index contributed by atoms with van der Waals surface area (Å²) in [4.78, 5) is 41.8. The number of carbonyl (C=O) groups is 3. The number of rotatable bonds is 7. The maximum absolute atomic E-state index is 13.8. The van der Waals surface area contributed by atoms with Gasteiger partial charge in [-0.1, -0.05) is 39.5 Å². The predicted octanol–water partition coefficient (Wildman–Crippen LogP) is 0.963. The van der Waals surface area contributed by atoms with Crippen LogP contribution < -0.4 is 10.6 Å².